The van der Waals surface area contributed by atoms with E-state index in [2.05, 4.69) is 0 Å². The van der Waals surface area contributed by atoms with Gasteiger partial charge in [-0.05, 0) is 0 Å². The second-order valence-electron chi connectivity index (χ2n) is 0.101. The lowest BCUT2D eigenvalue weighted by molar-refractivity contribution is 1.50. The van der Waals surface area contributed by atoms with E-state index >= 15 is 0 Å². The number of alkyl halides is 2. The summed E-state index contributed by atoms with van der Waals surface area (Å²) in [5.74, 6) is 0. The standard InChI is InChI=1S/C2H6.CH2Cl2.CH4/c1-2;2-1-3;/h1-2H3;1H2;1H4. The highest BCUT2D eigenvalue weighted by Gasteiger charge is 1.41. The molecule has 0 aromatic rings. The molecule has 0 aromatic heterocycles. The van der Waals surface area contributed by atoms with Crippen molar-refractivity contribution in [3.63, 3.8) is 0 Å². The lowest BCUT2D eigenvalue weighted by atomic mass is 11.0. The minimum absolute atomic E-state index is 0. The Morgan fingerprint density at radius 3 is 1.17 bits per heavy atom. The first kappa shape index (κ1) is 16.0. The van der Waals surface area contributed by atoms with Crippen LogP contribution in [-0.4, -0.2) is 5.34 Å². The molecule has 0 N–H and O–H groups in total. The van der Waals surface area contributed by atoms with E-state index in [1.54, 1.807) is 0 Å². The Hall–Kier alpha value is 0.580. The van der Waals surface area contributed by atoms with Crippen LogP contribution in [0.15, 0.2) is 0 Å². The molecule has 0 aliphatic carbocycles. The fourth-order valence-corrected chi connectivity index (χ4v) is 0. The summed E-state index contributed by atoms with van der Waals surface area (Å²) < 4.78 is 0. The van der Waals surface area contributed by atoms with Crippen molar-refractivity contribution >= 4 is 23.2 Å². The average molecular weight is 131 g/mol. The maximum absolute atomic E-state index is 4.76. The summed E-state index contributed by atoms with van der Waals surface area (Å²) in [4.78, 5) is 0. The Balaban J connectivity index is -0.0000000275. The molecular weight excluding hydrogens is 119 g/mol. The molecule has 42 valence electrons. The van der Waals surface area contributed by atoms with Crippen LogP contribution in [0.25, 0.3) is 0 Å². The topological polar surface area (TPSA) is 0 Å². The molecule has 0 aliphatic rings. The van der Waals surface area contributed by atoms with E-state index in [0.29, 0.717) is 0 Å². The first-order valence-electron chi connectivity index (χ1n) is 1.53. The van der Waals surface area contributed by atoms with Crippen molar-refractivity contribution in [2.75, 3.05) is 5.34 Å². The summed E-state index contributed by atoms with van der Waals surface area (Å²) in [6, 6.07) is 0. The van der Waals surface area contributed by atoms with Gasteiger partial charge in [0.2, 0.25) is 0 Å². The molecule has 0 saturated carbocycles. The monoisotopic (exact) mass is 130 g/mol. The van der Waals surface area contributed by atoms with E-state index in [-0.39, 0.29) is 12.8 Å². The minimum atomic E-state index is 0. The molecule has 0 nitrogen and oxygen atoms in total. The average Bonchev–Trinajstić information content (AvgIpc) is 1.46. The zero-order valence-corrected chi connectivity index (χ0v) is 4.97. The van der Waals surface area contributed by atoms with Gasteiger partial charge in [-0.15, -0.1) is 23.2 Å². The summed E-state index contributed by atoms with van der Waals surface area (Å²) >= 11 is 9.53. The Bertz CT molecular complexity index is 5.51. The fourth-order valence-electron chi connectivity index (χ4n) is 0. The van der Waals surface area contributed by atoms with Gasteiger partial charge >= 0.3 is 0 Å². The zero-order valence-electron chi connectivity index (χ0n) is 3.46. The van der Waals surface area contributed by atoms with Crippen molar-refractivity contribution in [1.29, 1.82) is 0 Å². The maximum atomic E-state index is 4.76. The second-order valence-corrected chi connectivity index (χ2v) is 0.909. The van der Waals surface area contributed by atoms with Crippen molar-refractivity contribution in [3.8, 4) is 0 Å². The Morgan fingerprint density at radius 1 is 1.17 bits per heavy atom. The predicted octanol–water partition coefficient (Wildman–Crippen LogP) is 3.08. The van der Waals surface area contributed by atoms with Gasteiger partial charge in [0.1, 0.15) is 0 Å². The maximum Gasteiger partial charge on any atom is 0.0967 e. The summed E-state index contributed by atoms with van der Waals surface area (Å²) in [6.07, 6.45) is 0. The van der Waals surface area contributed by atoms with E-state index in [1.807, 2.05) is 13.8 Å². The van der Waals surface area contributed by atoms with Gasteiger partial charge in [0.15, 0.2) is 0 Å². The summed E-state index contributed by atoms with van der Waals surface area (Å²) in [5, 5.41) is 0.194. The van der Waals surface area contributed by atoms with Crippen molar-refractivity contribution in [3.05, 3.63) is 0 Å². The normalized spacial score (nSPS) is 4.00. The Kier molecular flexibility index (Phi) is 125. The summed E-state index contributed by atoms with van der Waals surface area (Å²) in [5.41, 5.74) is 0. The Labute approximate surface area is 50.5 Å². The molecular formula is C4H12Cl2. The molecule has 0 aliphatic heterocycles. The van der Waals surface area contributed by atoms with Gasteiger partial charge in [0, 0.05) is 0 Å². The van der Waals surface area contributed by atoms with Crippen molar-refractivity contribution in [2.24, 2.45) is 0 Å². The predicted molar refractivity (Wildman–Crippen MR) is 34.7 cm³/mol. The van der Waals surface area contributed by atoms with Crippen LogP contribution in [0, 0.1) is 0 Å². The van der Waals surface area contributed by atoms with Crippen LogP contribution in [0.1, 0.15) is 21.3 Å². The highest BCUT2D eigenvalue weighted by Crippen LogP contribution is 1.73. The molecule has 0 aromatic carbocycles. The molecule has 6 heavy (non-hydrogen) atoms. The van der Waals surface area contributed by atoms with Crippen LogP contribution in [-0.2, 0) is 0 Å². The lowest BCUT2D eigenvalue weighted by Crippen LogP contribution is -1.24. The van der Waals surface area contributed by atoms with Gasteiger partial charge in [0.05, 0.1) is 5.34 Å². The van der Waals surface area contributed by atoms with Crippen molar-refractivity contribution in [2.45, 2.75) is 21.3 Å². The first-order valence-corrected chi connectivity index (χ1v) is 2.60. The highest BCUT2D eigenvalue weighted by atomic mass is 35.5. The smallest absolute Gasteiger partial charge is 0.0967 e. The van der Waals surface area contributed by atoms with Gasteiger partial charge in [-0.25, -0.2) is 0 Å². The molecule has 0 heterocycles. The van der Waals surface area contributed by atoms with Gasteiger partial charge < -0.3 is 0 Å². The number of halogens is 2. The van der Waals surface area contributed by atoms with E-state index < -0.39 is 0 Å². The third kappa shape index (κ3) is 174. The van der Waals surface area contributed by atoms with Gasteiger partial charge in [-0.3, -0.25) is 0 Å². The summed E-state index contributed by atoms with van der Waals surface area (Å²) in [6.45, 7) is 4.00. The van der Waals surface area contributed by atoms with Crippen molar-refractivity contribution < 1.29 is 0 Å². The highest BCUT2D eigenvalue weighted by molar-refractivity contribution is 6.40. The van der Waals surface area contributed by atoms with Gasteiger partial charge in [-0.2, -0.15) is 0 Å². The van der Waals surface area contributed by atoms with Crippen LogP contribution < -0.4 is 0 Å². The molecule has 0 radical (unpaired) electrons. The molecule has 0 fully saturated rings. The Morgan fingerprint density at radius 2 is 1.17 bits per heavy atom. The molecule has 2 heteroatoms. The molecule has 0 bridgehead atoms. The third-order valence-electron chi connectivity index (χ3n) is 0. The molecule has 0 spiro atoms. The first-order chi connectivity index (χ1) is 2.41. The molecule has 0 amide bonds. The zero-order chi connectivity index (χ0) is 4.71. The lowest BCUT2D eigenvalue weighted by Gasteiger charge is -1.42. The van der Waals surface area contributed by atoms with E-state index in [1.165, 1.54) is 0 Å². The fraction of sp³-hybridized carbons (Fsp3) is 1.00. The largest absolute Gasteiger partial charge is 0.109 e. The number of rotatable bonds is 0. The number of hydrogen-bond acceptors (Lipinski definition) is 0. The quantitative estimate of drug-likeness (QED) is 0.443. The molecule has 0 atom stereocenters. The molecule has 0 rings (SSSR count). The molecule has 0 saturated heterocycles. The van der Waals surface area contributed by atoms with Gasteiger partial charge in [-0.1, -0.05) is 21.3 Å². The van der Waals surface area contributed by atoms with Crippen LogP contribution in [0.2, 0.25) is 0 Å². The van der Waals surface area contributed by atoms with Gasteiger partial charge in [0.25, 0.3) is 0 Å². The SMILES string of the molecule is C.CC.ClCCl. The second kappa shape index (κ2) is 46.9. The van der Waals surface area contributed by atoms with E-state index in [0.717, 1.165) is 0 Å². The number of hydrogen-bond donors (Lipinski definition) is 0. The van der Waals surface area contributed by atoms with E-state index in [9.17, 15) is 0 Å². The van der Waals surface area contributed by atoms with E-state index in [4.69, 9.17) is 23.2 Å². The molecule has 0 unspecified atom stereocenters. The summed E-state index contributed by atoms with van der Waals surface area (Å²) in [7, 11) is 0. The van der Waals surface area contributed by atoms with Crippen LogP contribution in [0.3, 0.4) is 0 Å². The minimum Gasteiger partial charge on any atom is -0.109 e. The van der Waals surface area contributed by atoms with Crippen LogP contribution in [0.4, 0.5) is 0 Å². The van der Waals surface area contributed by atoms with Crippen LogP contribution >= 0.6 is 23.2 Å². The third-order valence-corrected chi connectivity index (χ3v) is 0. The van der Waals surface area contributed by atoms with Crippen LogP contribution in [0.5, 0.6) is 0 Å². The van der Waals surface area contributed by atoms with Crippen molar-refractivity contribution in [1.82, 2.24) is 0 Å².